The molecule has 1 rings (SSSR count). The number of ether oxygens (including phenoxy) is 2. The zero-order valence-electron chi connectivity index (χ0n) is 14.2. The minimum Gasteiger partial charge on any atom is -0.493 e. The predicted molar refractivity (Wildman–Crippen MR) is 87.9 cm³/mol. The number of aliphatic imine (C=N–C) groups is 1. The lowest BCUT2D eigenvalue weighted by Gasteiger charge is -2.13. The van der Waals surface area contributed by atoms with Crippen LogP contribution < -0.4 is 20.1 Å². The third-order valence-corrected chi connectivity index (χ3v) is 3.16. The van der Waals surface area contributed by atoms with Gasteiger partial charge in [-0.3, -0.25) is 4.99 Å². The number of hydrogen-bond donors (Lipinski definition) is 2. The fourth-order valence-corrected chi connectivity index (χ4v) is 2.00. The van der Waals surface area contributed by atoms with Crippen molar-refractivity contribution in [2.45, 2.75) is 25.9 Å². The molecule has 1 aromatic carbocycles. The monoisotopic (exact) mass is 347 g/mol. The largest absolute Gasteiger partial charge is 0.493 e. The van der Waals surface area contributed by atoms with Gasteiger partial charge in [0.15, 0.2) is 17.5 Å². The average Bonchev–Trinajstić information content (AvgIpc) is 2.53. The number of rotatable bonds is 8. The first-order valence-electron chi connectivity index (χ1n) is 7.69. The first-order valence-corrected chi connectivity index (χ1v) is 7.69. The van der Waals surface area contributed by atoms with E-state index in [2.05, 4.69) is 15.6 Å². The van der Waals surface area contributed by atoms with Crippen LogP contribution in [0.5, 0.6) is 11.5 Å². The van der Waals surface area contributed by atoms with Gasteiger partial charge in [-0.2, -0.15) is 13.2 Å². The van der Waals surface area contributed by atoms with Gasteiger partial charge < -0.3 is 20.1 Å². The topological polar surface area (TPSA) is 54.9 Å². The van der Waals surface area contributed by atoms with Crippen LogP contribution in [0.4, 0.5) is 13.2 Å². The molecule has 0 spiro atoms. The molecule has 0 aliphatic rings. The Morgan fingerprint density at radius 1 is 1.12 bits per heavy atom. The molecular formula is C16H24F3N3O2. The molecule has 5 nitrogen and oxygen atoms in total. The minimum absolute atomic E-state index is 0.296. The van der Waals surface area contributed by atoms with Crippen molar-refractivity contribution in [1.29, 1.82) is 0 Å². The Morgan fingerprint density at radius 3 is 2.42 bits per heavy atom. The van der Waals surface area contributed by atoms with E-state index >= 15 is 0 Å². The van der Waals surface area contributed by atoms with E-state index in [1.807, 2.05) is 25.1 Å². The van der Waals surface area contributed by atoms with E-state index < -0.39 is 12.6 Å². The lowest BCUT2D eigenvalue weighted by atomic mass is 10.1. The van der Waals surface area contributed by atoms with Gasteiger partial charge >= 0.3 is 6.18 Å². The molecule has 2 N–H and O–H groups in total. The normalized spacial score (nSPS) is 12.0. The highest BCUT2D eigenvalue weighted by Gasteiger charge is 2.26. The summed E-state index contributed by atoms with van der Waals surface area (Å²) in [4.78, 5) is 3.92. The van der Waals surface area contributed by atoms with Crippen molar-refractivity contribution in [3.05, 3.63) is 23.8 Å². The number of nitrogens with one attached hydrogen (secondary N) is 2. The van der Waals surface area contributed by atoms with E-state index in [0.717, 1.165) is 5.56 Å². The Labute approximate surface area is 140 Å². The number of alkyl halides is 3. The van der Waals surface area contributed by atoms with E-state index in [-0.39, 0.29) is 6.54 Å². The Morgan fingerprint density at radius 2 is 1.83 bits per heavy atom. The first kappa shape index (κ1) is 19.9. The van der Waals surface area contributed by atoms with E-state index in [0.29, 0.717) is 37.0 Å². The van der Waals surface area contributed by atoms with E-state index in [4.69, 9.17) is 9.47 Å². The van der Waals surface area contributed by atoms with Crippen molar-refractivity contribution in [3.8, 4) is 11.5 Å². The van der Waals surface area contributed by atoms with Crippen LogP contribution in [-0.2, 0) is 6.42 Å². The van der Waals surface area contributed by atoms with Crippen LogP contribution in [0.3, 0.4) is 0 Å². The number of nitrogens with zero attached hydrogens (tertiary/aromatic N) is 1. The molecule has 0 aliphatic heterocycles. The summed E-state index contributed by atoms with van der Waals surface area (Å²) in [6.45, 7) is 2.67. The highest BCUT2D eigenvalue weighted by atomic mass is 19.4. The number of benzene rings is 1. The number of halogens is 3. The van der Waals surface area contributed by atoms with Gasteiger partial charge in [0.2, 0.25) is 0 Å². The Bertz CT molecular complexity index is 534. The van der Waals surface area contributed by atoms with Crippen LogP contribution in [0.15, 0.2) is 23.2 Å². The molecule has 0 bridgehead atoms. The summed E-state index contributed by atoms with van der Waals surface area (Å²) in [7, 11) is 3.13. The number of guanidine groups is 1. The van der Waals surface area contributed by atoms with Gasteiger partial charge in [0, 0.05) is 13.1 Å². The lowest BCUT2D eigenvalue weighted by molar-refractivity contribution is -0.132. The highest BCUT2D eigenvalue weighted by Crippen LogP contribution is 2.27. The molecule has 0 unspecified atom stereocenters. The lowest BCUT2D eigenvalue weighted by Crippen LogP contribution is -2.38. The minimum atomic E-state index is -4.19. The fraction of sp³-hybridized carbons (Fsp3) is 0.562. The molecule has 0 fully saturated rings. The van der Waals surface area contributed by atoms with E-state index in [9.17, 15) is 13.2 Å². The Kier molecular flexibility index (Phi) is 8.21. The standard InChI is InChI=1S/C16H24F3N3O2/c1-4-20-15(22-10-8-16(17,18)19)21-9-7-12-5-6-13(23-2)14(11-12)24-3/h5-6,11H,4,7-10H2,1-3H3,(H2,20,21,22). The van der Waals surface area contributed by atoms with E-state index in [1.54, 1.807) is 14.2 Å². The van der Waals surface area contributed by atoms with Crippen LogP contribution in [0.25, 0.3) is 0 Å². The third-order valence-electron chi connectivity index (χ3n) is 3.16. The summed E-state index contributed by atoms with van der Waals surface area (Å²) in [5.41, 5.74) is 1.02. The van der Waals surface area contributed by atoms with Crippen molar-refractivity contribution in [3.63, 3.8) is 0 Å². The third kappa shape index (κ3) is 7.43. The zero-order valence-corrected chi connectivity index (χ0v) is 14.2. The van der Waals surface area contributed by atoms with Gasteiger partial charge in [-0.05, 0) is 31.0 Å². The molecule has 0 atom stereocenters. The zero-order chi connectivity index (χ0) is 18.0. The predicted octanol–water partition coefficient (Wildman–Crippen LogP) is 2.75. The maximum Gasteiger partial charge on any atom is 0.390 e. The van der Waals surface area contributed by atoms with Crippen molar-refractivity contribution in [1.82, 2.24) is 10.6 Å². The fourth-order valence-electron chi connectivity index (χ4n) is 2.00. The van der Waals surface area contributed by atoms with Crippen LogP contribution in [0.1, 0.15) is 18.9 Å². The summed E-state index contributed by atoms with van der Waals surface area (Å²) < 4.78 is 46.9. The molecule has 0 aliphatic carbocycles. The van der Waals surface area contributed by atoms with Gasteiger partial charge in [0.25, 0.3) is 0 Å². The smallest absolute Gasteiger partial charge is 0.390 e. The molecule has 0 saturated heterocycles. The number of hydrogen-bond acceptors (Lipinski definition) is 3. The second-order valence-electron chi connectivity index (χ2n) is 4.99. The molecule has 1 aromatic rings. The van der Waals surface area contributed by atoms with Gasteiger partial charge in [-0.25, -0.2) is 0 Å². The average molecular weight is 347 g/mol. The van der Waals surface area contributed by atoms with Gasteiger partial charge in [0.1, 0.15) is 0 Å². The second kappa shape index (κ2) is 9.89. The second-order valence-corrected chi connectivity index (χ2v) is 4.99. The van der Waals surface area contributed by atoms with Crippen LogP contribution in [0, 0.1) is 0 Å². The van der Waals surface area contributed by atoms with Crippen LogP contribution >= 0.6 is 0 Å². The quantitative estimate of drug-likeness (QED) is 0.561. The molecule has 24 heavy (non-hydrogen) atoms. The molecule has 136 valence electrons. The van der Waals surface area contributed by atoms with Crippen molar-refractivity contribution in [2.24, 2.45) is 4.99 Å². The first-order chi connectivity index (χ1) is 11.4. The van der Waals surface area contributed by atoms with Gasteiger partial charge in [-0.15, -0.1) is 0 Å². The summed E-state index contributed by atoms with van der Waals surface area (Å²) in [6, 6.07) is 5.60. The maximum atomic E-state index is 12.2. The van der Waals surface area contributed by atoms with E-state index in [1.165, 1.54) is 0 Å². The summed E-state index contributed by atoms with van der Waals surface area (Å²) in [5.74, 6) is 1.67. The summed E-state index contributed by atoms with van der Waals surface area (Å²) >= 11 is 0. The Balaban J connectivity index is 2.54. The summed E-state index contributed by atoms with van der Waals surface area (Å²) in [6.07, 6.45) is -4.45. The molecule has 8 heteroatoms. The molecule has 0 amide bonds. The molecular weight excluding hydrogens is 323 g/mol. The van der Waals surface area contributed by atoms with Crippen LogP contribution in [0.2, 0.25) is 0 Å². The molecule has 0 aromatic heterocycles. The van der Waals surface area contributed by atoms with Gasteiger partial charge in [-0.1, -0.05) is 6.07 Å². The molecule has 0 saturated carbocycles. The van der Waals surface area contributed by atoms with Gasteiger partial charge in [0.05, 0.1) is 27.2 Å². The Hall–Kier alpha value is -2.12. The SMILES string of the molecule is CCNC(=NCCC(F)(F)F)NCCc1ccc(OC)c(OC)c1. The molecule has 0 radical (unpaired) electrons. The molecule has 0 heterocycles. The van der Waals surface area contributed by atoms with Crippen molar-refractivity contribution >= 4 is 5.96 Å². The van der Waals surface area contributed by atoms with Crippen molar-refractivity contribution in [2.75, 3.05) is 33.9 Å². The summed E-state index contributed by atoms with van der Waals surface area (Å²) in [5, 5.41) is 5.94. The number of methoxy groups -OCH3 is 2. The highest BCUT2D eigenvalue weighted by molar-refractivity contribution is 5.79. The van der Waals surface area contributed by atoms with Crippen LogP contribution in [-0.4, -0.2) is 46.0 Å². The van der Waals surface area contributed by atoms with Crippen molar-refractivity contribution < 1.29 is 22.6 Å². The maximum absolute atomic E-state index is 12.2.